The van der Waals surface area contributed by atoms with Crippen molar-refractivity contribution in [3.63, 3.8) is 0 Å². The molecule has 3 atom stereocenters. The fourth-order valence-corrected chi connectivity index (χ4v) is 6.71. The number of benzene rings is 2. The molecule has 1 heterocycles. The number of carbonyl (C=O) groups is 3. The number of esters is 1. The Bertz CT molecular complexity index is 1210. The van der Waals surface area contributed by atoms with E-state index in [-0.39, 0.29) is 5.97 Å². The monoisotopic (exact) mass is 606 g/mol. The van der Waals surface area contributed by atoms with E-state index in [0.29, 0.717) is 24.0 Å². The van der Waals surface area contributed by atoms with E-state index in [9.17, 15) is 24.6 Å². The SMILES string of the molecule is C=CC(=O)OCCCCCCC1CCC(C(CCC)c2ccc(-c3ccc(C4OC(C(=O)O)C(C(=O)O)O4)cc3)cc2)CC1. The predicted molar refractivity (Wildman–Crippen MR) is 167 cm³/mol. The molecule has 0 spiro atoms. The number of unbranched alkanes of at least 4 members (excludes halogenated alkanes) is 3. The third-order valence-corrected chi connectivity index (χ3v) is 9.14. The molecule has 4 rings (SSSR count). The number of carboxylic acids is 2. The van der Waals surface area contributed by atoms with Crippen LogP contribution in [0.15, 0.2) is 61.2 Å². The van der Waals surface area contributed by atoms with E-state index in [2.05, 4.69) is 37.8 Å². The van der Waals surface area contributed by atoms with Crippen molar-refractivity contribution in [3.8, 4) is 11.1 Å². The van der Waals surface area contributed by atoms with Gasteiger partial charge in [-0.25, -0.2) is 14.4 Å². The van der Waals surface area contributed by atoms with E-state index in [0.717, 1.165) is 36.3 Å². The lowest BCUT2D eigenvalue weighted by Gasteiger charge is -2.34. The van der Waals surface area contributed by atoms with Crippen LogP contribution in [-0.2, 0) is 28.6 Å². The Hall–Kier alpha value is -3.49. The Morgan fingerprint density at radius 1 is 0.864 bits per heavy atom. The molecule has 2 aromatic carbocycles. The number of aliphatic carboxylic acids is 2. The van der Waals surface area contributed by atoms with Gasteiger partial charge in [0.2, 0.25) is 0 Å². The van der Waals surface area contributed by atoms with Gasteiger partial charge in [0.1, 0.15) is 0 Å². The topological polar surface area (TPSA) is 119 Å². The molecule has 0 aromatic heterocycles. The molecule has 8 heteroatoms. The van der Waals surface area contributed by atoms with Crippen LogP contribution in [0.1, 0.15) is 101 Å². The van der Waals surface area contributed by atoms with Crippen LogP contribution in [0.25, 0.3) is 11.1 Å². The first-order valence-electron chi connectivity index (χ1n) is 16.1. The van der Waals surface area contributed by atoms with E-state index in [1.165, 1.54) is 63.0 Å². The molecular weight excluding hydrogens is 560 g/mol. The lowest BCUT2D eigenvalue weighted by atomic mass is 9.71. The third-order valence-electron chi connectivity index (χ3n) is 9.14. The number of carbonyl (C=O) groups excluding carboxylic acids is 1. The largest absolute Gasteiger partial charge is 0.479 e. The Balaban J connectivity index is 1.26. The van der Waals surface area contributed by atoms with Crippen LogP contribution in [0.4, 0.5) is 0 Å². The van der Waals surface area contributed by atoms with Crippen molar-refractivity contribution in [2.24, 2.45) is 11.8 Å². The molecule has 2 aromatic rings. The first-order valence-corrected chi connectivity index (χ1v) is 16.1. The Labute approximate surface area is 260 Å². The molecule has 8 nitrogen and oxygen atoms in total. The summed E-state index contributed by atoms with van der Waals surface area (Å²) in [5.74, 6) is -0.958. The molecule has 2 aliphatic rings. The van der Waals surface area contributed by atoms with Gasteiger partial charge in [-0.15, -0.1) is 0 Å². The van der Waals surface area contributed by atoms with Crippen LogP contribution in [0.5, 0.6) is 0 Å². The molecule has 1 saturated heterocycles. The molecule has 2 fully saturated rings. The molecule has 1 aliphatic heterocycles. The van der Waals surface area contributed by atoms with Crippen LogP contribution in [0, 0.1) is 11.8 Å². The van der Waals surface area contributed by atoms with Crippen LogP contribution >= 0.6 is 0 Å². The molecular formula is C36H46O8. The van der Waals surface area contributed by atoms with Crippen LogP contribution < -0.4 is 0 Å². The zero-order chi connectivity index (χ0) is 31.5. The highest BCUT2D eigenvalue weighted by Gasteiger charge is 2.46. The van der Waals surface area contributed by atoms with Crippen molar-refractivity contribution in [1.29, 1.82) is 0 Å². The van der Waals surface area contributed by atoms with Crippen molar-refractivity contribution < 1.29 is 38.8 Å². The summed E-state index contributed by atoms with van der Waals surface area (Å²) in [5, 5.41) is 18.6. The van der Waals surface area contributed by atoms with Crippen LogP contribution in [0.2, 0.25) is 0 Å². The highest BCUT2D eigenvalue weighted by Crippen LogP contribution is 2.42. The van der Waals surface area contributed by atoms with Gasteiger partial charge < -0.3 is 24.4 Å². The maximum absolute atomic E-state index is 11.4. The summed E-state index contributed by atoms with van der Waals surface area (Å²) < 4.78 is 15.8. The highest BCUT2D eigenvalue weighted by molar-refractivity contribution is 5.84. The molecule has 44 heavy (non-hydrogen) atoms. The van der Waals surface area contributed by atoms with E-state index >= 15 is 0 Å². The Morgan fingerprint density at radius 3 is 1.98 bits per heavy atom. The predicted octanol–water partition coefficient (Wildman–Crippen LogP) is 7.68. The molecule has 1 aliphatic carbocycles. The molecule has 2 N–H and O–H groups in total. The van der Waals surface area contributed by atoms with Gasteiger partial charge in [-0.1, -0.05) is 107 Å². The van der Waals surface area contributed by atoms with Gasteiger partial charge in [-0.05, 0) is 60.1 Å². The van der Waals surface area contributed by atoms with Crippen molar-refractivity contribution in [3.05, 3.63) is 72.3 Å². The van der Waals surface area contributed by atoms with Crippen molar-refractivity contribution in [2.75, 3.05) is 6.61 Å². The zero-order valence-electron chi connectivity index (χ0n) is 25.7. The highest BCUT2D eigenvalue weighted by atomic mass is 16.7. The van der Waals surface area contributed by atoms with Gasteiger partial charge in [0.05, 0.1) is 6.61 Å². The maximum atomic E-state index is 11.4. The normalized spacial score (nSPS) is 24.0. The number of carboxylic acid groups (broad SMARTS) is 2. The number of hydrogen-bond donors (Lipinski definition) is 2. The molecule has 238 valence electrons. The second kappa shape index (κ2) is 16.5. The summed E-state index contributed by atoms with van der Waals surface area (Å²) in [5.41, 5.74) is 4.07. The fourth-order valence-electron chi connectivity index (χ4n) is 6.71. The summed E-state index contributed by atoms with van der Waals surface area (Å²) >= 11 is 0. The van der Waals surface area contributed by atoms with Gasteiger partial charge in [-0.2, -0.15) is 0 Å². The van der Waals surface area contributed by atoms with E-state index in [4.69, 9.17) is 14.2 Å². The van der Waals surface area contributed by atoms with Crippen molar-refractivity contribution in [1.82, 2.24) is 0 Å². The summed E-state index contributed by atoms with van der Waals surface area (Å²) in [6, 6.07) is 16.3. The van der Waals surface area contributed by atoms with Gasteiger partial charge in [-0.3, -0.25) is 0 Å². The average Bonchev–Trinajstić information content (AvgIpc) is 3.50. The summed E-state index contributed by atoms with van der Waals surface area (Å²) in [6.07, 6.45) is 10.4. The quantitative estimate of drug-likeness (QED) is 0.113. The Kier molecular flexibility index (Phi) is 12.6. The fraction of sp³-hybridized carbons (Fsp3) is 0.528. The zero-order valence-corrected chi connectivity index (χ0v) is 25.7. The minimum atomic E-state index is -1.55. The smallest absolute Gasteiger partial charge is 0.336 e. The molecule has 0 amide bonds. The molecule has 0 bridgehead atoms. The molecule has 0 radical (unpaired) electrons. The second-order valence-corrected chi connectivity index (χ2v) is 12.1. The van der Waals surface area contributed by atoms with E-state index in [1.54, 1.807) is 12.1 Å². The van der Waals surface area contributed by atoms with Crippen LogP contribution in [-0.4, -0.2) is 46.9 Å². The van der Waals surface area contributed by atoms with Crippen molar-refractivity contribution in [2.45, 2.75) is 102 Å². The minimum Gasteiger partial charge on any atom is -0.479 e. The number of rotatable bonds is 16. The van der Waals surface area contributed by atoms with Gasteiger partial charge >= 0.3 is 17.9 Å². The van der Waals surface area contributed by atoms with E-state index < -0.39 is 30.4 Å². The van der Waals surface area contributed by atoms with Gasteiger partial charge in [0, 0.05) is 11.6 Å². The molecule has 1 saturated carbocycles. The number of hydrogen-bond acceptors (Lipinski definition) is 6. The second-order valence-electron chi connectivity index (χ2n) is 12.1. The van der Waals surface area contributed by atoms with Gasteiger partial charge in [0.15, 0.2) is 18.5 Å². The standard InChI is InChI=1S/C36H46O8/c1-3-9-30(27-13-11-24(12-14-27)10-7-5-6-8-23-42-31(37)4-2)28-19-15-25(16-20-28)26-17-21-29(22-18-26)36-43-32(34(38)39)33(44-36)35(40)41/h4,15-22,24,27,30,32-33,36H,2-3,5-14,23H2,1H3,(H,38,39)(H,40,41). The van der Waals surface area contributed by atoms with Gasteiger partial charge in [0.25, 0.3) is 0 Å². The number of ether oxygens (including phenoxy) is 3. The molecule has 3 unspecified atom stereocenters. The lowest BCUT2D eigenvalue weighted by Crippen LogP contribution is -2.36. The van der Waals surface area contributed by atoms with Crippen molar-refractivity contribution >= 4 is 17.9 Å². The third kappa shape index (κ3) is 9.02. The van der Waals surface area contributed by atoms with E-state index in [1.807, 2.05) is 12.1 Å². The maximum Gasteiger partial charge on any atom is 0.336 e. The van der Waals surface area contributed by atoms with Crippen LogP contribution in [0.3, 0.4) is 0 Å². The average molecular weight is 607 g/mol. The first kappa shape index (κ1) is 33.4. The summed E-state index contributed by atoms with van der Waals surface area (Å²) in [7, 11) is 0. The lowest BCUT2D eigenvalue weighted by molar-refractivity contribution is -0.156. The minimum absolute atomic E-state index is 0.338. The summed E-state index contributed by atoms with van der Waals surface area (Å²) in [6.45, 7) is 6.17. The summed E-state index contributed by atoms with van der Waals surface area (Å²) in [4.78, 5) is 33.9. The first-order chi connectivity index (χ1) is 21.3. The Morgan fingerprint density at radius 2 is 1.43 bits per heavy atom.